The molecule has 158 valence electrons. The molecule has 0 amide bonds. The van der Waals surface area contributed by atoms with Gasteiger partial charge in [-0.1, -0.05) is 48.5 Å². The van der Waals surface area contributed by atoms with Gasteiger partial charge in [-0.05, 0) is 78.5 Å². The van der Waals surface area contributed by atoms with E-state index in [0.717, 1.165) is 30.5 Å². The van der Waals surface area contributed by atoms with Crippen molar-refractivity contribution in [2.24, 2.45) is 5.92 Å². The van der Waals surface area contributed by atoms with Crippen LogP contribution in [-0.4, -0.2) is 32.6 Å². The lowest BCUT2D eigenvalue weighted by atomic mass is 9.80. The lowest BCUT2D eigenvalue weighted by Crippen LogP contribution is -2.31. The van der Waals surface area contributed by atoms with Gasteiger partial charge in [-0.3, -0.25) is 0 Å². The molecule has 2 atom stereocenters. The number of ether oxygens (including phenoxy) is 1. The first kappa shape index (κ1) is 22.5. The van der Waals surface area contributed by atoms with E-state index in [1.807, 2.05) is 19.2 Å². The fraction of sp³-hybridized carbons (Fsp3) is 0.308. The van der Waals surface area contributed by atoms with Gasteiger partial charge < -0.3 is 9.64 Å². The number of benzene rings is 3. The van der Waals surface area contributed by atoms with E-state index in [1.54, 1.807) is 0 Å². The van der Waals surface area contributed by atoms with E-state index in [0.29, 0.717) is 5.92 Å². The molecule has 0 radical (unpaired) electrons. The summed E-state index contributed by atoms with van der Waals surface area (Å²) in [5, 5.41) is 0. The highest BCUT2D eigenvalue weighted by Crippen LogP contribution is 2.39. The summed E-state index contributed by atoms with van der Waals surface area (Å²) in [6, 6.07) is 21.9. The number of rotatable bonds is 5. The van der Waals surface area contributed by atoms with Crippen molar-refractivity contribution in [1.29, 1.82) is 0 Å². The van der Waals surface area contributed by atoms with E-state index < -0.39 is 0 Å². The maximum atomic E-state index is 13.3. The molecule has 2 nitrogen and oxygen atoms in total. The van der Waals surface area contributed by atoms with Gasteiger partial charge in [-0.25, -0.2) is 4.39 Å². The van der Waals surface area contributed by atoms with E-state index >= 15 is 0 Å². The summed E-state index contributed by atoms with van der Waals surface area (Å²) in [7, 11) is 6.07. The Hall–Kier alpha value is -2.20. The fourth-order valence-corrected chi connectivity index (χ4v) is 4.52. The molecule has 0 aromatic heterocycles. The van der Waals surface area contributed by atoms with Gasteiger partial charge >= 0.3 is 0 Å². The molecule has 0 fully saturated rings. The van der Waals surface area contributed by atoms with Crippen molar-refractivity contribution in [3.05, 3.63) is 83.7 Å². The first-order valence-corrected chi connectivity index (χ1v) is 10.2. The summed E-state index contributed by atoms with van der Waals surface area (Å²) < 4.78 is 19.2. The Balaban J connectivity index is 0.00000256. The second kappa shape index (κ2) is 9.74. The van der Waals surface area contributed by atoms with Gasteiger partial charge in [0.1, 0.15) is 5.82 Å². The number of methoxy groups -OCH3 is 1. The number of fused-ring (bicyclic) bond motifs is 1. The van der Waals surface area contributed by atoms with Crippen molar-refractivity contribution in [2.45, 2.75) is 18.9 Å². The molecule has 0 aliphatic heterocycles. The second-order valence-electron chi connectivity index (χ2n) is 8.22. The van der Waals surface area contributed by atoms with Crippen LogP contribution < -0.4 is 0 Å². The van der Waals surface area contributed by atoms with Crippen LogP contribution in [0.25, 0.3) is 22.3 Å². The van der Waals surface area contributed by atoms with E-state index in [1.165, 1.54) is 34.4 Å². The Morgan fingerprint density at radius 3 is 2.20 bits per heavy atom. The van der Waals surface area contributed by atoms with E-state index in [2.05, 4.69) is 61.5 Å². The zero-order chi connectivity index (χ0) is 20.4. The molecule has 1 aliphatic carbocycles. The predicted molar refractivity (Wildman–Crippen MR) is 125 cm³/mol. The van der Waals surface area contributed by atoms with Crippen molar-refractivity contribution < 1.29 is 9.13 Å². The maximum absolute atomic E-state index is 13.3. The Labute approximate surface area is 185 Å². The number of nitrogens with zero attached hydrogens (tertiary/aromatic N) is 1. The van der Waals surface area contributed by atoms with Gasteiger partial charge in [0.15, 0.2) is 0 Å². The SMILES string of the molecule is COC1c2ccc(-c3cccc(-c4ccc(F)cc4)c3)cc2CCC1CN(C)C.Cl. The highest BCUT2D eigenvalue weighted by Gasteiger charge is 2.30. The van der Waals surface area contributed by atoms with Crippen molar-refractivity contribution in [3.63, 3.8) is 0 Å². The summed E-state index contributed by atoms with van der Waals surface area (Å²) in [5.41, 5.74) is 7.23. The van der Waals surface area contributed by atoms with Gasteiger partial charge in [-0.2, -0.15) is 0 Å². The monoisotopic (exact) mass is 425 g/mol. The average Bonchev–Trinajstić information content (AvgIpc) is 2.73. The quantitative estimate of drug-likeness (QED) is 0.469. The molecule has 0 heterocycles. The van der Waals surface area contributed by atoms with Crippen LogP contribution in [0.5, 0.6) is 0 Å². The molecular formula is C26H29ClFNO. The van der Waals surface area contributed by atoms with Gasteiger partial charge in [0.2, 0.25) is 0 Å². The normalized spacial score (nSPS) is 18.0. The molecule has 3 aromatic rings. The average molecular weight is 426 g/mol. The molecule has 2 unspecified atom stereocenters. The lowest BCUT2D eigenvalue weighted by molar-refractivity contribution is 0.0299. The number of hydrogen-bond donors (Lipinski definition) is 0. The van der Waals surface area contributed by atoms with Crippen molar-refractivity contribution >= 4 is 12.4 Å². The second-order valence-corrected chi connectivity index (χ2v) is 8.22. The van der Waals surface area contributed by atoms with Crippen LogP contribution in [0.1, 0.15) is 23.7 Å². The fourth-order valence-electron chi connectivity index (χ4n) is 4.52. The van der Waals surface area contributed by atoms with Crippen LogP contribution in [0.3, 0.4) is 0 Å². The third-order valence-electron chi connectivity index (χ3n) is 5.89. The van der Waals surface area contributed by atoms with Crippen LogP contribution >= 0.6 is 12.4 Å². The summed E-state index contributed by atoms with van der Waals surface area (Å²) in [6.07, 6.45) is 2.38. The molecule has 0 bridgehead atoms. The minimum atomic E-state index is -0.208. The standard InChI is InChI=1S/C26H28FNO.ClH/c1-28(2)17-23-8-7-22-16-21(11-14-25(22)26(23)29-3)20-6-4-5-19(15-20)18-9-12-24(27)13-10-18;/h4-6,9-16,23,26H,7-8,17H2,1-3H3;1H. The van der Waals surface area contributed by atoms with Crippen LogP contribution in [0.4, 0.5) is 4.39 Å². The summed E-state index contributed by atoms with van der Waals surface area (Å²) in [5.74, 6) is 0.315. The van der Waals surface area contributed by atoms with Crippen molar-refractivity contribution in [1.82, 2.24) is 4.90 Å². The Morgan fingerprint density at radius 2 is 1.53 bits per heavy atom. The molecule has 0 N–H and O–H groups in total. The van der Waals surface area contributed by atoms with E-state index in [-0.39, 0.29) is 24.3 Å². The first-order chi connectivity index (χ1) is 14.0. The molecule has 0 saturated carbocycles. The summed E-state index contributed by atoms with van der Waals surface area (Å²) in [4.78, 5) is 2.25. The van der Waals surface area contributed by atoms with Crippen molar-refractivity contribution in [3.8, 4) is 22.3 Å². The van der Waals surface area contributed by atoms with Gasteiger partial charge in [0.05, 0.1) is 6.10 Å². The van der Waals surface area contributed by atoms with E-state index in [4.69, 9.17) is 4.74 Å². The van der Waals surface area contributed by atoms with Crippen LogP contribution in [0.2, 0.25) is 0 Å². The lowest BCUT2D eigenvalue weighted by Gasteiger charge is -2.34. The smallest absolute Gasteiger partial charge is 0.123 e. The number of hydrogen-bond acceptors (Lipinski definition) is 2. The third-order valence-corrected chi connectivity index (χ3v) is 5.89. The highest BCUT2D eigenvalue weighted by atomic mass is 35.5. The largest absolute Gasteiger partial charge is 0.376 e. The third kappa shape index (κ3) is 4.75. The minimum Gasteiger partial charge on any atom is -0.376 e. The number of aryl methyl sites for hydroxylation is 1. The molecule has 30 heavy (non-hydrogen) atoms. The van der Waals surface area contributed by atoms with E-state index in [9.17, 15) is 4.39 Å². The molecule has 4 rings (SSSR count). The molecule has 0 spiro atoms. The van der Waals surface area contributed by atoms with Crippen LogP contribution in [0, 0.1) is 11.7 Å². The van der Waals surface area contributed by atoms with Crippen LogP contribution in [-0.2, 0) is 11.2 Å². The van der Waals surface area contributed by atoms with Gasteiger partial charge in [0.25, 0.3) is 0 Å². The summed E-state index contributed by atoms with van der Waals surface area (Å²) >= 11 is 0. The summed E-state index contributed by atoms with van der Waals surface area (Å²) in [6.45, 7) is 1.04. The molecular weight excluding hydrogens is 397 g/mol. The molecule has 3 aromatic carbocycles. The molecule has 0 saturated heterocycles. The van der Waals surface area contributed by atoms with Gasteiger partial charge in [0, 0.05) is 19.6 Å². The number of halogens is 2. The Kier molecular flexibility index (Phi) is 7.30. The maximum Gasteiger partial charge on any atom is 0.123 e. The zero-order valence-corrected chi connectivity index (χ0v) is 18.6. The van der Waals surface area contributed by atoms with Crippen molar-refractivity contribution in [2.75, 3.05) is 27.7 Å². The first-order valence-electron chi connectivity index (χ1n) is 10.2. The van der Waals surface area contributed by atoms with Gasteiger partial charge in [-0.15, -0.1) is 12.4 Å². The molecule has 4 heteroatoms. The highest BCUT2D eigenvalue weighted by molar-refractivity contribution is 5.85. The zero-order valence-electron chi connectivity index (χ0n) is 17.8. The van der Waals surface area contributed by atoms with Crippen LogP contribution in [0.15, 0.2) is 66.7 Å². The topological polar surface area (TPSA) is 12.5 Å². The predicted octanol–water partition coefficient (Wildman–Crippen LogP) is 6.39. The molecule has 1 aliphatic rings. The Bertz CT molecular complexity index is 987. The minimum absolute atomic E-state index is 0. The Morgan fingerprint density at radius 1 is 0.900 bits per heavy atom.